The van der Waals surface area contributed by atoms with Crippen LogP contribution >= 0.6 is 22.6 Å². The van der Waals surface area contributed by atoms with Crippen molar-refractivity contribution in [1.82, 2.24) is 0 Å². The molecular weight excluding hydrogens is 445 g/mol. The molecule has 0 bridgehead atoms. The number of nitrogens with zero attached hydrogens (tertiary/aromatic N) is 1. The fraction of sp³-hybridized carbons (Fsp3) is 0.167. The highest BCUT2D eigenvalue weighted by molar-refractivity contribution is 14.1. The first-order valence-electron chi connectivity index (χ1n) is 9.00. The molecule has 0 spiro atoms. The Balaban J connectivity index is 1.72. The largest absolute Gasteiger partial charge is 0.497 e. The van der Waals surface area contributed by atoms with Crippen LogP contribution in [0.15, 0.2) is 72.8 Å². The summed E-state index contributed by atoms with van der Waals surface area (Å²) >= 11 is 2.35. The molecule has 3 heteroatoms. The highest BCUT2D eigenvalue weighted by Crippen LogP contribution is 2.33. The van der Waals surface area contributed by atoms with Crippen LogP contribution in [0.5, 0.6) is 5.75 Å². The van der Waals surface area contributed by atoms with E-state index in [2.05, 4.69) is 87.9 Å². The molecule has 3 aromatic rings. The highest BCUT2D eigenvalue weighted by Gasteiger charge is 2.25. The zero-order valence-corrected chi connectivity index (χ0v) is 17.3. The third kappa shape index (κ3) is 3.96. The summed E-state index contributed by atoms with van der Waals surface area (Å²) < 4.78 is 6.48. The zero-order valence-electron chi connectivity index (χ0n) is 15.2. The molecule has 0 N–H and O–H groups in total. The van der Waals surface area contributed by atoms with Gasteiger partial charge in [-0.1, -0.05) is 36.1 Å². The second-order valence-corrected chi connectivity index (χ2v) is 7.76. The number of fused-ring (bicyclic) bond motifs is 1. The molecule has 0 aliphatic carbocycles. The molecule has 2 nitrogen and oxygen atoms in total. The van der Waals surface area contributed by atoms with Crippen molar-refractivity contribution in [2.24, 2.45) is 0 Å². The van der Waals surface area contributed by atoms with Gasteiger partial charge in [0.25, 0.3) is 0 Å². The summed E-state index contributed by atoms with van der Waals surface area (Å²) in [5.74, 6) is 7.75. The Morgan fingerprint density at radius 1 is 0.963 bits per heavy atom. The van der Waals surface area contributed by atoms with Crippen molar-refractivity contribution in [3.05, 3.63) is 93.1 Å². The molecule has 4 rings (SSSR count). The molecule has 1 aliphatic heterocycles. The van der Waals surface area contributed by atoms with E-state index in [0.29, 0.717) is 0 Å². The number of benzene rings is 3. The smallest absolute Gasteiger partial charge is 0.118 e. The highest BCUT2D eigenvalue weighted by atomic mass is 127. The predicted octanol–water partition coefficient (Wildman–Crippen LogP) is 5.46. The quantitative estimate of drug-likeness (QED) is 0.369. The summed E-state index contributed by atoms with van der Waals surface area (Å²) in [6.45, 7) is 0.972. The molecule has 0 amide bonds. The Morgan fingerprint density at radius 2 is 1.70 bits per heavy atom. The number of anilines is 1. The van der Waals surface area contributed by atoms with Gasteiger partial charge in [0.05, 0.1) is 7.11 Å². The fourth-order valence-corrected chi connectivity index (χ4v) is 3.82. The maximum absolute atomic E-state index is 5.24. The number of hydrogen-bond donors (Lipinski definition) is 0. The van der Waals surface area contributed by atoms with Gasteiger partial charge in [0.2, 0.25) is 0 Å². The second-order valence-electron chi connectivity index (χ2n) is 6.52. The van der Waals surface area contributed by atoms with Crippen LogP contribution in [-0.4, -0.2) is 13.7 Å². The topological polar surface area (TPSA) is 12.5 Å². The van der Waals surface area contributed by atoms with Crippen LogP contribution in [0.2, 0.25) is 0 Å². The summed E-state index contributed by atoms with van der Waals surface area (Å²) in [5, 5.41) is 0. The molecule has 0 saturated heterocycles. The van der Waals surface area contributed by atoms with Gasteiger partial charge in [0, 0.05) is 21.4 Å². The van der Waals surface area contributed by atoms with Crippen molar-refractivity contribution in [2.45, 2.75) is 12.5 Å². The minimum atomic E-state index is 0.0529. The van der Waals surface area contributed by atoms with Crippen molar-refractivity contribution in [3.63, 3.8) is 0 Å². The van der Waals surface area contributed by atoms with E-state index in [9.17, 15) is 0 Å². The van der Waals surface area contributed by atoms with E-state index in [1.807, 2.05) is 24.3 Å². The minimum Gasteiger partial charge on any atom is -0.497 e. The lowest BCUT2D eigenvalue weighted by Gasteiger charge is -2.36. The van der Waals surface area contributed by atoms with Crippen molar-refractivity contribution >= 4 is 28.3 Å². The molecule has 1 aliphatic rings. The van der Waals surface area contributed by atoms with Gasteiger partial charge in [-0.05, 0) is 88.7 Å². The van der Waals surface area contributed by atoms with E-state index in [4.69, 9.17) is 4.74 Å². The molecule has 1 heterocycles. The molecule has 27 heavy (non-hydrogen) atoms. The number of rotatable bonds is 2. The first-order valence-corrected chi connectivity index (χ1v) is 10.1. The average molecular weight is 465 g/mol. The van der Waals surface area contributed by atoms with E-state index >= 15 is 0 Å². The molecule has 0 fully saturated rings. The number of halogens is 1. The molecular formula is C24H20INO. The van der Waals surface area contributed by atoms with Gasteiger partial charge in [0.1, 0.15) is 11.8 Å². The average Bonchev–Trinajstić information content (AvgIpc) is 2.73. The zero-order chi connectivity index (χ0) is 18.6. The van der Waals surface area contributed by atoms with Crippen LogP contribution < -0.4 is 9.64 Å². The summed E-state index contributed by atoms with van der Waals surface area (Å²) in [6.07, 6.45) is 1.04. The Labute approximate surface area is 174 Å². The molecule has 3 aromatic carbocycles. The second kappa shape index (κ2) is 8.06. The molecule has 1 unspecified atom stereocenters. The summed E-state index contributed by atoms with van der Waals surface area (Å²) in [5.41, 5.74) is 4.93. The SMILES string of the molecule is COc1ccc(C#CC2c3ccccc3CCN2c2ccc(I)cc2)cc1. The van der Waals surface area contributed by atoms with Crippen LogP contribution in [0.3, 0.4) is 0 Å². The molecule has 0 aromatic heterocycles. The lowest BCUT2D eigenvalue weighted by molar-refractivity contribution is 0.415. The standard InChI is InChI=1S/C24H20INO/c1-27-22-13-6-18(7-14-22)8-15-24-23-5-3-2-4-19(23)16-17-26(24)21-11-9-20(25)10-12-21/h2-7,9-14,24H,16-17H2,1H3. The van der Waals surface area contributed by atoms with Gasteiger partial charge in [-0.3, -0.25) is 0 Å². The third-order valence-corrected chi connectivity index (χ3v) is 5.60. The summed E-state index contributed by atoms with van der Waals surface area (Å²) in [7, 11) is 1.68. The first kappa shape index (κ1) is 17.9. The van der Waals surface area contributed by atoms with Crippen molar-refractivity contribution in [1.29, 1.82) is 0 Å². The minimum absolute atomic E-state index is 0.0529. The Bertz CT molecular complexity index is 983. The maximum Gasteiger partial charge on any atom is 0.118 e. The fourth-order valence-electron chi connectivity index (χ4n) is 3.46. The van der Waals surface area contributed by atoms with Gasteiger partial charge in [-0.2, -0.15) is 0 Å². The van der Waals surface area contributed by atoms with E-state index in [1.54, 1.807) is 7.11 Å². The molecule has 0 saturated carbocycles. The lowest BCUT2D eigenvalue weighted by atomic mass is 9.92. The Morgan fingerprint density at radius 3 is 2.44 bits per heavy atom. The lowest BCUT2D eigenvalue weighted by Crippen LogP contribution is -2.34. The van der Waals surface area contributed by atoms with Crippen LogP contribution in [0.25, 0.3) is 0 Å². The van der Waals surface area contributed by atoms with Crippen LogP contribution in [0, 0.1) is 15.4 Å². The van der Waals surface area contributed by atoms with Gasteiger partial charge in [-0.25, -0.2) is 0 Å². The van der Waals surface area contributed by atoms with E-state index in [1.165, 1.54) is 20.4 Å². The number of methoxy groups -OCH3 is 1. The predicted molar refractivity (Wildman–Crippen MR) is 119 cm³/mol. The number of hydrogen-bond acceptors (Lipinski definition) is 2. The van der Waals surface area contributed by atoms with Crippen LogP contribution in [0.1, 0.15) is 22.7 Å². The molecule has 134 valence electrons. The number of ether oxygens (including phenoxy) is 1. The van der Waals surface area contributed by atoms with Gasteiger partial charge >= 0.3 is 0 Å². The van der Waals surface area contributed by atoms with E-state index in [-0.39, 0.29) is 6.04 Å². The summed E-state index contributed by atoms with van der Waals surface area (Å²) in [4.78, 5) is 2.41. The monoisotopic (exact) mass is 465 g/mol. The summed E-state index contributed by atoms with van der Waals surface area (Å²) in [6, 6.07) is 25.3. The Kier molecular flexibility index (Phi) is 5.35. The maximum atomic E-state index is 5.24. The van der Waals surface area contributed by atoms with Gasteiger partial charge < -0.3 is 9.64 Å². The van der Waals surface area contributed by atoms with Gasteiger partial charge in [0.15, 0.2) is 0 Å². The van der Waals surface area contributed by atoms with E-state index < -0.39 is 0 Å². The van der Waals surface area contributed by atoms with Gasteiger partial charge in [-0.15, -0.1) is 0 Å². The third-order valence-electron chi connectivity index (χ3n) is 4.88. The van der Waals surface area contributed by atoms with Crippen molar-refractivity contribution < 1.29 is 4.74 Å². The molecule has 0 radical (unpaired) electrons. The van der Waals surface area contributed by atoms with Crippen LogP contribution in [0.4, 0.5) is 5.69 Å². The first-order chi connectivity index (χ1) is 13.2. The molecule has 1 atom stereocenters. The van der Waals surface area contributed by atoms with E-state index in [0.717, 1.165) is 24.3 Å². The van der Waals surface area contributed by atoms with Crippen molar-refractivity contribution in [2.75, 3.05) is 18.6 Å². The normalized spacial score (nSPS) is 15.5. The van der Waals surface area contributed by atoms with Crippen molar-refractivity contribution in [3.8, 4) is 17.6 Å². The Hall–Kier alpha value is -2.45. The van der Waals surface area contributed by atoms with Crippen LogP contribution in [-0.2, 0) is 6.42 Å².